The van der Waals surface area contributed by atoms with Gasteiger partial charge in [0.15, 0.2) is 0 Å². The molecule has 0 unspecified atom stereocenters. The molecule has 2 aromatic rings. The summed E-state index contributed by atoms with van der Waals surface area (Å²) in [6.07, 6.45) is -0.257. The molecule has 2 aromatic carbocycles. The molecular formula is C26H33N3O5. The van der Waals surface area contributed by atoms with Crippen molar-refractivity contribution in [2.75, 3.05) is 39.2 Å². The van der Waals surface area contributed by atoms with Crippen LogP contribution < -0.4 is 10.1 Å². The van der Waals surface area contributed by atoms with Gasteiger partial charge in [-0.3, -0.25) is 14.4 Å². The third-order valence-corrected chi connectivity index (χ3v) is 6.14. The minimum atomic E-state index is -0.269. The average molecular weight is 468 g/mol. The molecule has 0 aliphatic carbocycles. The summed E-state index contributed by atoms with van der Waals surface area (Å²) in [6.45, 7) is 6.54. The van der Waals surface area contributed by atoms with Crippen LogP contribution in [0.25, 0.3) is 0 Å². The summed E-state index contributed by atoms with van der Waals surface area (Å²) < 4.78 is 11.7. The Morgan fingerprint density at radius 2 is 1.79 bits per heavy atom. The van der Waals surface area contributed by atoms with E-state index in [0.29, 0.717) is 35.7 Å². The van der Waals surface area contributed by atoms with E-state index in [2.05, 4.69) is 5.32 Å². The molecule has 0 radical (unpaired) electrons. The molecule has 3 atom stereocenters. The highest BCUT2D eigenvalue weighted by atomic mass is 16.5. The number of carbonyl (C=O) groups excluding carboxylic acids is 3. The first-order chi connectivity index (χ1) is 16.2. The molecule has 3 rings (SSSR count). The highest BCUT2D eigenvalue weighted by Crippen LogP contribution is 2.26. The number of ether oxygens (including phenoxy) is 2. The van der Waals surface area contributed by atoms with E-state index in [4.69, 9.17) is 9.47 Å². The van der Waals surface area contributed by atoms with Crippen LogP contribution in [0.4, 0.5) is 5.69 Å². The zero-order valence-electron chi connectivity index (χ0n) is 20.4. The van der Waals surface area contributed by atoms with Crippen LogP contribution in [0.3, 0.4) is 0 Å². The van der Waals surface area contributed by atoms with Crippen molar-refractivity contribution in [2.24, 2.45) is 5.92 Å². The minimum Gasteiger partial charge on any atom is -0.491 e. The van der Waals surface area contributed by atoms with Crippen LogP contribution in [-0.4, -0.2) is 73.5 Å². The zero-order valence-corrected chi connectivity index (χ0v) is 20.4. The van der Waals surface area contributed by atoms with Crippen molar-refractivity contribution in [3.8, 4) is 5.75 Å². The van der Waals surface area contributed by atoms with Crippen LogP contribution in [0.2, 0.25) is 0 Å². The summed E-state index contributed by atoms with van der Waals surface area (Å²) in [7, 11) is 3.32. The molecule has 1 N–H and O–H groups in total. The van der Waals surface area contributed by atoms with E-state index in [1.165, 1.54) is 0 Å². The normalized spacial score (nSPS) is 21.6. The number of fused-ring (bicyclic) bond motifs is 1. The van der Waals surface area contributed by atoms with Crippen molar-refractivity contribution >= 4 is 23.4 Å². The number of anilines is 1. The number of amides is 3. The molecule has 34 heavy (non-hydrogen) atoms. The van der Waals surface area contributed by atoms with Gasteiger partial charge in [-0.05, 0) is 37.3 Å². The topological polar surface area (TPSA) is 88.2 Å². The third kappa shape index (κ3) is 5.94. The monoisotopic (exact) mass is 467 g/mol. The van der Waals surface area contributed by atoms with E-state index in [0.717, 1.165) is 0 Å². The number of hydrogen-bond donors (Lipinski definition) is 1. The van der Waals surface area contributed by atoms with E-state index >= 15 is 0 Å². The number of rotatable bonds is 3. The summed E-state index contributed by atoms with van der Waals surface area (Å²) in [5.74, 6) is -0.154. The Bertz CT molecular complexity index is 1030. The first kappa shape index (κ1) is 25.2. The van der Waals surface area contributed by atoms with Gasteiger partial charge in [0.25, 0.3) is 11.8 Å². The van der Waals surface area contributed by atoms with Crippen LogP contribution in [0, 0.1) is 5.92 Å². The zero-order chi connectivity index (χ0) is 24.8. The van der Waals surface area contributed by atoms with Gasteiger partial charge >= 0.3 is 0 Å². The van der Waals surface area contributed by atoms with Crippen LogP contribution >= 0.6 is 0 Å². The number of nitrogens with zero attached hydrogens (tertiary/aromatic N) is 2. The molecule has 0 bridgehead atoms. The summed E-state index contributed by atoms with van der Waals surface area (Å²) in [5, 5.41) is 2.85. The molecule has 0 spiro atoms. The largest absolute Gasteiger partial charge is 0.491 e. The van der Waals surface area contributed by atoms with Gasteiger partial charge in [0.05, 0.1) is 17.7 Å². The summed E-state index contributed by atoms with van der Waals surface area (Å²) in [6, 6.07) is 13.7. The van der Waals surface area contributed by atoms with Gasteiger partial charge in [0.1, 0.15) is 12.4 Å². The highest BCUT2D eigenvalue weighted by molar-refractivity contribution is 6.05. The number of methoxy groups -OCH3 is 1. The van der Waals surface area contributed by atoms with E-state index in [-0.39, 0.29) is 42.4 Å². The second kappa shape index (κ2) is 11.2. The lowest BCUT2D eigenvalue weighted by Crippen LogP contribution is -2.48. The molecule has 1 aliphatic rings. The second-order valence-electron chi connectivity index (χ2n) is 8.80. The quantitative estimate of drug-likeness (QED) is 0.748. The standard InChI is InChI=1S/C26H33N3O5/c1-17-14-29(19(3)30)18(2)16-34-23-12-11-21(27-25(31)20-9-7-6-8-10-20)13-22(23)26(32)28(4)15-24(17)33-5/h6-13,17-18,24H,14-16H2,1-5H3,(H,27,31)/t17-,18+,24-/m0/s1. The Balaban J connectivity index is 1.94. The highest BCUT2D eigenvalue weighted by Gasteiger charge is 2.29. The lowest BCUT2D eigenvalue weighted by Gasteiger charge is -2.35. The Morgan fingerprint density at radius 3 is 2.44 bits per heavy atom. The van der Waals surface area contributed by atoms with Crippen molar-refractivity contribution < 1.29 is 23.9 Å². The molecule has 3 amide bonds. The maximum Gasteiger partial charge on any atom is 0.257 e. The Hall–Kier alpha value is -3.39. The fourth-order valence-corrected chi connectivity index (χ4v) is 4.09. The fourth-order valence-electron chi connectivity index (χ4n) is 4.09. The number of likely N-dealkylation sites (N-methyl/N-ethyl adjacent to an activating group) is 1. The lowest BCUT2D eigenvalue weighted by atomic mass is 10.0. The molecule has 0 fully saturated rings. The molecule has 8 heteroatoms. The van der Waals surface area contributed by atoms with Crippen molar-refractivity contribution in [3.63, 3.8) is 0 Å². The van der Waals surface area contributed by atoms with Gasteiger partial charge < -0.3 is 24.6 Å². The minimum absolute atomic E-state index is 0.00184. The van der Waals surface area contributed by atoms with Crippen LogP contribution in [0.1, 0.15) is 41.5 Å². The maximum absolute atomic E-state index is 13.4. The Morgan fingerprint density at radius 1 is 1.09 bits per heavy atom. The number of hydrogen-bond acceptors (Lipinski definition) is 5. The molecular weight excluding hydrogens is 434 g/mol. The van der Waals surface area contributed by atoms with E-state index in [1.807, 2.05) is 19.9 Å². The smallest absolute Gasteiger partial charge is 0.257 e. The van der Waals surface area contributed by atoms with Gasteiger partial charge in [-0.15, -0.1) is 0 Å². The van der Waals surface area contributed by atoms with Gasteiger partial charge in [0, 0.05) is 51.3 Å². The van der Waals surface area contributed by atoms with Crippen LogP contribution in [0.5, 0.6) is 5.75 Å². The molecule has 8 nitrogen and oxygen atoms in total. The summed E-state index contributed by atoms with van der Waals surface area (Å²) in [4.78, 5) is 41.7. The van der Waals surface area contributed by atoms with Crippen molar-refractivity contribution in [2.45, 2.75) is 32.9 Å². The predicted octanol–water partition coefficient (Wildman–Crippen LogP) is 3.29. The van der Waals surface area contributed by atoms with Gasteiger partial charge in [0.2, 0.25) is 5.91 Å². The molecule has 0 saturated heterocycles. The lowest BCUT2D eigenvalue weighted by molar-refractivity contribution is -0.133. The first-order valence-electron chi connectivity index (χ1n) is 11.4. The number of carbonyl (C=O) groups is 3. The average Bonchev–Trinajstić information content (AvgIpc) is 2.83. The van der Waals surface area contributed by atoms with Crippen molar-refractivity contribution in [1.82, 2.24) is 9.80 Å². The molecule has 1 heterocycles. The van der Waals surface area contributed by atoms with Gasteiger partial charge in [-0.25, -0.2) is 0 Å². The third-order valence-electron chi connectivity index (χ3n) is 6.14. The van der Waals surface area contributed by atoms with Crippen LogP contribution in [-0.2, 0) is 9.53 Å². The Kier molecular flexibility index (Phi) is 8.28. The second-order valence-corrected chi connectivity index (χ2v) is 8.80. The van der Waals surface area contributed by atoms with E-state index in [9.17, 15) is 14.4 Å². The fraction of sp³-hybridized carbons (Fsp3) is 0.423. The predicted molar refractivity (Wildman–Crippen MR) is 130 cm³/mol. The van der Waals surface area contributed by atoms with Crippen molar-refractivity contribution in [1.29, 1.82) is 0 Å². The van der Waals surface area contributed by atoms with E-state index in [1.54, 1.807) is 73.3 Å². The first-order valence-corrected chi connectivity index (χ1v) is 11.4. The molecule has 0 aromatic heterocycles. The van der Waals surface area contributed by atoms with Crippen LogP contribution in [0.15, 0.2) is 48.5 Å². The molecule has 0 saturated carbocycles. The van der Waals surface area contributed by atoms with Gasteiger partial charge in [-0.1, -0.05) is 25.1 Å². The molecule has 182 valence electrons. The Labute approximate surface area is 200 Å². The maximum atomic E-state index is 13.4. The number of nitrogens with one attached hydrogen (secondary N) is 1. The SMILES string of the molecule is CO[C@H]1CN(C)C(=O)c2cc(NC(=O)c3ccccc3)ccc2OC[C@@H](C)N(C(C)=O)C[C@@H]1C. The molecule has 1 aliphatic heterocycles. The van der Waals surface area contributed by atoms with Gasteiger partial charge in [-0.2, -0.15) is 0 Å². The summed E-state index contributed by atoms with van der Waals surface area (Å²) >= 11 is 0. The summed E-state index contributed by atoms with van der Waals surface area (Å²) in [5.41, 5.74) is 1.34. The van der Waals surface area contributed by atoms with E-state index < -0.39 is 0 Å². The number of benzene rings is 2. The van der Waals surface area contributed by atoms with Crippen molar-refractivity contribution in [3.05, 3.63) is 59.7 Å².